The van der Waals surface area contributed by atoms with Crippen LogP contribution in [0.5, 0.6) is 0 Å². The lowest BCUT2D eigenvalue weighted by atomic mass is 10.2. The van der Waals surface area contributed by atoms with Gasteiger partial charge in [0, 0.05) is 23.1 Å². The van der Waals surface area contributed by atoms with Crippen molar-refractivity contribution in [3.05, 3.63) is 65.2 Å². The number of benzene rings is 2. The minimum absolute atomic E-state index is 0.347. The predicted octanol–water partition coefficient (Wildman–Crippen LogP) is 3.54. The average Bonchev–Trinajstić information content (AvgIpc) is 2.61. The Balaban J connectivity index is 1.91. The molecule has 0 saturated carbocycles. The largest absolute Gasteiger partial charge is 0.353 e. The summed E-state index contributed by atoms with van der Waals surface area (Å²) < 4.78 is 25.5. The summed E-state index contributed by atoms with van der Waals surface area (Å²) in [5, 5.41) is 3.22. The first kappa shape index (κ1) is 21.6. The van der Waals surface area contributed by atoms with Gasteiger partial charge in [-0.2, -0.15) is 11.8 Å². The highest BCUT2D eigenvalue weighted by atomic mass is 35.5. The third kappa shape index (κ3) is 6.75. The fraction of sp³-hybridized carbons (Fsp3) is 0.316. The van der Waals surface area contributed by atoms with Gasteiger partial charge in [0.25, 0.3) is 0 Å². The molecule has 8 heteroatoms. The minimum atomic E-state index is -3.64. The maximum Gasteiger partial charge on any atom is 0.243 e. The number of nitrogens with one attached hydrogen (secondary N) is 1. The molecule has 0 bridgehead atoms. The third-order valence-corrected chi connectivity index (χ3v) is 6.32. The molecule has 2 aromatic rings. The SMILES string of the molecule is C[C@@H](C(=O)NCCSCc1ccccc1)N(c1cccc(Cl)c1)S(C)(=O)=O. The van der Waals surface area contributed by atoms with Gasteiger partial charge in [-0.15, -0.1) is 0 Å². The third-order valence-electron chi connectivity index (χ3n) is 3.81. The Morgan fingerprint density at radius 2 is 1.89 bits per heavy atom. The van der Waals surface area contributed by atoms with Crippen LogP contribution in [0, 0.1) is 0 Å². The number of nitrogens with zero attached hydrogens (tertiary/aromatic N) is 1. The molecule has 0 heterocycles. The number of sulfonamides is 1. The molecule has 2 rings (SSSR count). The smallest absolute Gasteiger partial charge is 0.243 e. The molecule has 0 spiro atoms. The van der Waals surface area contributed by atoms with E-state index in [4.69, 9.17) is 11.6 Å². The van der Waals surface area contributed by atoms with Gasteiger partial charge in [0.15, 0.2) is 0 Å². The molecule has 0 fully saturated rings. The Morgan fingerprint density at radius 3 is 2.52 bits per heavy atom. The highest BCUT2D eigenvalue weighted by molar-refractivity contribution is 7.98. The topological polar surface area (TPSA) is 66.5 Å². The van der Waals surface area contributed by atoms with E-state index in [9.17, 15) is 13.2 Å². The normalized spacial score (nSPS) is 12.4. The summed E-state index contributed by atoms with van der Waals surface area (Å²) >= 11 is 7.68. The molecular formula is C19H23ClN2O3S2. The molecule has 0 aliphatic rings. The number of rotatable bonds is 9. The van der Waals surface area contributed by atoms with Crippen LogP contribution in [0.15, 0.2) is 54.6 Å². The fourth-order valence-electron chi connectivity index (χ4n) is 2.58. The predicted molar refractivity (Wildman–Crippen MR) is 114 cm³/mol. The van der Waals surface area contributed by atoms with Gasteiger partial charge < -0.3 is 5.32 Å². The summed E-state index contributed by atoms with van der Waals surface area (Å²) in [6, 6.07) is 15.7. The van der Waals surface area contributed by atoms with Crippen LogP contribution < -0.4 is 9.62 Å². The lowest BCUT2D eigenvalue weighted by Gasteiger charge is -2.28. The maximum atomic E-state index is 12.5. The minimum Gasteiger partial charge on any atom is -0.353 e. The zero-order chi connectivity index (χ0) is 19.9. The van der Waals surface area contributed by atoms with Gasteiger partial charge in [-0.3, -0.25) is 9.10 Å². The first-order valence-electron chi connectivity index (χ1n) is 8.43. The summed E-state index contributed by atoms with van der Waals surface area (Å²) in [5.74, 6) is 1.26. The number of hydrogen-bond acceptors (Lipinski definition) is 4. The molecule has 2 aromatic carbocycles. The van der Waals surface area contributed by atoms with Crippen LogP contribution in [0.1, 0.15) is 12.5 Å². The zero-order valence-corrected chi connectivity index (χ0v) is 17.7. The van der Waals surface area contributed by atoms with Crippen molar-refractivity contribution in [1.29, 1.82) is 0 Å². The summed E-state index contributed by atoms with van der Waals surface area (Å²) in [6.45, 7) is 2.03. The molecule has 0 aromatic heterocycles. The van der Waals surface area contributed by atoms with E-state index in [-0.39, 0.29) is 5.91 Å². The van der Waals surface area contributed by atoms with Crippen LogP contribution in [-0.4, -0.2) is 38.9 Å². The fourth-order valence-corrected chi connectivity index (χ4v) is 4.75. The lowest BCUT2D eigenvalue weighted by Crippen LogP contribution is -2.48. The van der Waals surface area contributed by atoms with Crippen LogP contribution in [0.4, 0.5) is 5.69 Å². The molecule has 0 saturated heterocycles. The van der Waals surface area contributed by atoms with Crippen molar-refractivity contribution in [1.82, 2.24) is 5.32 Å². The van der Waals surface area contributed by atoms with Crippen LogP contribution in [-0.2, 0) is 20.6 Å². The van der Waals surface area contributed by atoms with Gasteiger partial charge in [-0.1, -0.05) is 48.0 Å². The molecular weight excluding hydrogens is 404 g/mol. The number of carbonyl (C=O) groups is 1. The molecule has 0 unspecified atom stereocenters. The van der Waals surface area contributed by atoms with Crippen LogP contribution in [0.3, 0.4) is 0 Å². The van der Waals surface area contributed by atoms with E-state index < -0.39 is 16.1 Å². The van der Waals surface area contributed by atoms with Gasteiger partial charge >= 0.3 is 0 Å². The van der Waals surface area contributed by atoms with Crippen LogP contribution in [0.2, 0.25) is 5.02 Å². The Morgan fingerprint density at radius 1 is 1.19 bits per heavy atom. The number of carbonyl (C=O) groups excluding carboxylic acids is 1. The number of anilines is 1. The van der Waals surface area contributed by atoms with Crippen molar-refractivity contribution in [2.75, 3.05) is 22.9 Å². The van der Waals surface area contributed by atoms with Crippen LogP contribution in [0.25, 0.3) is 0 Å². The average molecular weight is 427 g/mol. The van der Waals surface area contributed by atoms with Crippen molar-refractivity contribution in [3.63, 3.8) is 0 Å². The summed E-state index contributed by atoms with van der Waals surface area (Å²) in [4.78, 5) is 12.5. The van der Waals surface area contributed by atoms with E-state index in [1.54, 1.807) is 36.9 Å². The molecule has 1 N–H and O–H groups in total. The molecule has 146 valence electrons. The molecule has 27 heavy (non-hydrogen) atoms. The van der Waals surface area contributed by atoms with E-state index >= 15 is 0 Å². The van der Waals surface area contributed by atoms with Gasteiger partial charge in [0.2, 0.25) is 15.9 Å². The molecule has 1 atom stereocenters. The number of hydrogen-bond donors (Lipinski definition) is 1. The first-order valence-corrected chi connectivity index (χ1v) is 11.8. The second-order valence-corrected chi connectivity index (χ2v) is 9.44. The Kier molecular flexibility index (Phi) is 8.01. The van der Waals surface area contributed by atoms with Crippen molar-refractivity contribution in [3.8, 4) is 0 Å². The maximum absolute atomic E-state index is 12.5. The van der Waals surface area contributed by atoms with Gasteiger partial charge in [-0.05, 0) is 30.7 Å². The molecule has 5 nitrogen and oxygen atoms in total. The summed E-state index contributed by atoms with van der Waals surface area (Å²) in [6.07, 6.45) is 1.08. The summed E-state index contributed by atoms with van der Waals surface area (Å²) in [7, 11) is -3.64. The molecule has 1 amide bonds. The van der Waals surface area contributed by atoms with Crippen molar-refractivity contribution in [2.45, 2.75) is 18.7 Å². The quantitative estimate of drug-likeness (QED) is 0.623. The second kappa shape index (κ2) is 10.0. The number of amides is 1. The van der Waals surface area contributed by atoms with E-state index in [1.807, 2.05) is 18.2 Å². The highest BCUT2D eigenvalue weighted by Crippen LogP contribution is 2.24. The van der Waals surface area contributed by atoms with Crippen molar-refractivity contribution < 1.29 is 13.2 Å². The monoisotopic (exact) mass is 426 g/mol. The van der Waals surface area contributed by atoms with E-state index in [1.165, 1.54) is 11.6 Å². The Bertz CT molecular complexity index is 860. The van der Waals surface area contributed by atoms with Crippen LogP contribution >= 0.6 is 23.4 Å². The Hall–Kier alpha value is -1.70. The Labute approximate surface area is 170 Å². The van der Waals surface area contributed by atoms with E-state index in [0.717, 1.165) is 22.1 Å². The van der Waals surface area contributed by atoms with E-state index in [2.05, 4.69) is 17.4 Å². The lowest BCUT2D eigenvalue weighted by molar-refractivity contribution is -0.121. The second-order valence-electron chi connectivity index (χ2n) is 6.04. The van der Waals surface area contributed by atoms with Crippen molar-refractivity contribution in [2.24, 2.45) is 0 Å². The standard InChI is InChI=1S/C19H23ClN2O3S2/c1-15(22(27(2,24)25)18-10-6-9-17(20)13-18)19(23)21-11-12-26-14-16-7-4-3-5-8-16/h3-10,13,15H,11-12,14H2,1-2H3,(H,21,23)/t15-/m0/s1. The van der Waals surface area contributed by atoms with E-state index in [0.29, 0.717) is 17.3 Å². The summed E-state index contributed by atoms with van der Waals surface area (Å²) in [5.41, 5.74) is 1.59. The number of thioether (sulfide) groups is 1. The van der Waals surface area contributed by atoms with Gasteiger partial charge in [0.1, 0.15) is 6.04 Å². The molecule has 0 aliphatic carbocycles. The van der Waals surface area contributed by atoms with Gasteiger partial charge in [0.05, 0.1) is 11.9 Å². The highest BCUT2D eigenvalue weighted by Gasteiger charge is 2.28. The number of halogens is 1. The van der Waals surface area contributed by atoms with Crippen molar-refractivity contribution >= 4 is 45.0 Å². The zero-order valence-electron chi connectivity index (χ0n) is 15.3. The first-order chi connectivity index (χ1) is 12.8. The van der Waals surface area contributed by atoms with Gasteiger partial charge in [-0.25, -0.2) is 8.42 Å². The molecule has 0 radical (unpaired) electrons. The molecule has 0 aliphatic heterocycles.